The SMILES string of the molecule is Nc1c(/C=N/O)ccc2ccccc12. The molecule has 0 aromatic heterocycles. The van der Waals surface area contributed by atoms with Crippen molar-refractivity contribution in [1.29, 1.82) is 0 Å². The van der Waals surface area contributed by atoms with E-state index in [2.05, 4.69) is 5.16 Å². The zero-order valence-corrected chi connectivity index (χ0v) is 7.51. The third-order valence-corrected chi connectivity index (χ3v) is 2.20. The van der Waals surface area contributed by atoms with E-state index in [1.54, 1.807) is 0 Å². The molecule has 2 aromatic rings. The van der Waals surface area contributed by atoms with Crippen LogP contribution in [0, 0.1) is 0 Å². The van der Waals surface area contributed by atoms with Gasteiger partial charge in [-0.05, 0) is 5.39 Å². The summed E-state index contributed by atoms with van der Waals surface area (Å²) in [5.74, 6) is 0. The molecule has 0 saturated carbocycles. The number of benzene rings is 2. The summed E-state index contributed by atoms with van der Waals surface area (Å²) in [7, 11) is 0. The van der Waals surface area contributed by atoms with Crippen molar-refractivity contribution >= 4 is 22.7 Å². The third-order valence-electron chi connectivity index (χ3n) is 2.20. The minimum Gasteiger partial charge on any atom is -0.411 e. The lowest BCUT2D eigenvalue weighted by molar-refractivity contribution is 0.322. The fraction of sp³-hybridized carbons (Fsp3) is 0. The van der Waals surface area contributed by atoms with E-state index in [4.69, 9.17) is 10.9 Å². The summed E-state index contributed by atoms with van der Waals surface area (Å²) in [5.41, 5.74) is 7.27. The molecule has 3 nitrogen and oxygen atoms in total. The molecule has 0 aliphatic carbocycles. The van der Waals surface area contributed by atoms with Gasteiger partial charge in [0.05, 0.1) is 6.21 Å². The van der Waals surface area contributed by atoms with Crippen LogP contribution in [0.2, 0.25) is 0 Å². The van der Waals surface area contributed by atoms with Crippen LogP contribution >= 0.6 is 0 Å². The number of nitrogens with zero attached hydrogens (tertiary/aromatic N) is 1. The van der Waals surface area contributed by atoms with Gasteiger partial charge in [0.2, 0.25) is 0 Å². The monoisotopic (exact) mass is 186 g/mol. The number of nitrogen functional groups attached to an aromatic ring is 1. The minimum atomic E-state index is 0.640. The van der Waals surface area contributed by atoms with Gasteiger partial charge in [-0.25, -0.2) is 0 Å². The number of anilines is 1. The smallest absolute Gasteiger partial charge is 0.0754 e. The molecular weight excluding hydrogens is 176 g/mol. The van der Waals surface area contributed by atoms with Crippen molar-refractivity contribution in [3.8, 4) is 0 Å². The Hall–Kier alpha value is -2.03. The van der Waals surface area contributed by atoms with Crippen LogP contribution in [-0.2, 0) is 0 Å². The topological polar surface area (TPSA) is 58.6 Å². The molecule has 0 unspecified atom stereocenters. The summed E-state index contributed by atoms with van der Waals surface area (Å²) in [6.07, 6.45) is 1.34. The molecule has 0 saturated heterocycles. The van der Waals surface area contributed by atoms with E-state index in [0.29, 0.717) is 5.69 Å². The fourth-order valence-corrected chi connectivity index (χ4v) is 1.49. The lowest BCUT2D eigenvalue weighted by Gasteiger charge is -2.04. The van der Waals surface area contributed by atoms with Crippen LogP contribution in [0.4, 0.5) is 5.69 Å². The van der Waals surface area contributed by atoms with Crippen molar-refractivity contribution in [2.45, 2.75) is 0 Å². The van der Waals surface area contributed by atoms with E-state index in [1.165, 1.54) is 6.21 Å². The first-order valence-corrected chi connectivity index (χ1v) is 4.27. The predicted octanol–water partition coefficient (Wildman–Crippen LogP) is 2.23. The first-order chi connectivity index (χ1) is 6.83. The van der Waals surface area contributed by atoms with E-state index in [-0.39, 0.29) is 0 Å². The number of rotatable bonds is 1. The van der Waals surface area contributed by atoms with Crippen LogP contribution in [0.3, 0.4) is 0 Å². The molecule has 0 aliphatic heterocycles. The lowest BCUT2D eigenvalue weighted by Crippen LogP contribution is -1.94. The molecule has 2 rings (SSSR count). The van der Waals surface area contributed by atoms with Crippen LogP contribution in [0.1, 0.15) is 5.56 Å². The largest absolute Gasteiger partial charge is 0.411 e. The normalized spacial score (nSPS) is 11.1. The molecule has 14 heavy (non-hydrogen) atoms. The number of hydrogen-bond donors (Lipinski definition) is 2. The molecule has 0 fully saturated rings. The maximum Gasteiger partial charge on any atom is 0.0754 e. The van der Waals surface area contributed by atoms with Crippen LogP contribution in [0.25, 0.3) is 10.8 Å². The minimum absolute atomic E-state index is 0.640. The van der Waals surface area contributed by atoms with Crippen molar-refractivity contribution in [3.63, 3.8) is 0 Å². The standard InChI is InChI=1S/C11H10N2O/c12-11-9(7-13-14)6-5-8-3-1-2-4-10(8)11/h1-7,14H,12H2/b13-7+. The Morgan fingerprint density at radius 3 is 2.71 bits per heavy atom. The van der Waals surface area contributed by atoms with Crippen LogP contribution in [0.15, 0.2) is 41.6 Å². The second-order valence-corrected chi connectivity index (χ2v) is 3.03. The highest BCUT2D eigenvalue weighted by Gasteiger charge is 2.01. The average molecular weight is 186 g/mol. The van der Waals surface area contributed by atoms with Crippen molar-refractivity contribution < 1.29 is 5.21 Å². The average Bonchev–Trinajstić information content (AvgIpc) is 2.23. The van der Waals surface area contributed by atoms with E-state index >= 15 is 0 Å². The van der Waals surface area contributed by atoms with Gasteiger partial charge in [-0.1, -0.05) is 41.6 Å². The van der Waals surface area contributed by atoms with Crippen molar-refractivity contribution in [2.24, 2.45) is 5.16 Å². The first-order valence-electron chi connectivity index (χ1n) is 4.27. The number of hydrogen-bond acceptors (Lipinski definition) is 3. The Labute approximate surface area is 81.5 Å². The van der Waals surface area contributed by atoms with Crippen molar-refractivity contribution in [3.05, 3.63) is 42.0 Å². The summed E-state index contributed by atoms with van der Waals surface area (Å²) in [6.45, 7) is 0. The number of nitrogens with two attached hydrogens (primary N) is 1. The Bertz CT molecular complexity index is 492. The van der Waals surface area contributed by atoms with Gasteiger partial charge < -0.3 is 10.9 Å². The molecule has 0 heterocycles. The Morgan fingerprint density at radius 1 is 1.14 bits per heavy atom. The highest BCUT2D eigenvalue weighted by atomic mass is 16.4. The summed E-state index contributed by atoms with van der Waals surface area (Å²) < 4.78 is 0. The molecule has 0 amide bonds. The molecule has 0 radical (unpaired) electrons. The summed E-state index contributed by atoms with van der Waals surface area (Å²) in [4.78, 5) is 0. The quantitative estimate of drug-likeness (QED) is 0.310. The van der Waals surface area contributed by atoms with Gasteiger partial charge in [-0.3, -0.25) is 0 Å². The van der Waals surface area contributed by atoms with Crippen molar-refractivity contribution in [1.82, 2.24) is 0 Å². The molecule has 2 aromatic carbocycles. The Morgan fingerprint density at radius 2 is 1.93 bits per heavy atom. The Kier molecular flexibility index (Phi) is 2.07. The zero-order valence-electron chi connectivity index (χ0n) is 7.51. The molecule has 0 bridgehead atoms. The van der Waals surface area contributed by atoms with Gasteiger partial charge in [0.15, 0.2) is 0 Å². The molecule has 70 valence electrons. The van der Waals surface area contributed by atoms with Crippen LogP contribution in [-0.4, -0.2) is 11.4 Å². The molecular formula is C11H10N2O. The van der Waals surface area contributed by atoms with Gasteiger partial charge >= 0.3 is 0 Å². The van der Waals surface area contributed by atoms with Gasteiger partial charge in [0.25, 0.3) is 0 Å². The number of fused-ring (bicyclic) bond motifs is 1. The second-order valence-electron chi connectivity index (χ2n) is 3.03. The highest BCUT2D eigenvalue weighted by Crippen LogP contribution is 2.23. The summed E-state index contributed by atoms with van der Waals surface area (Å²) >= 11 is 0. The van der Waals surface area contributed by atoms with E-state index in [9.17, 15) is 0 Å². The van der Waals surface area contributed by atoms with Crippen molar-refractivity contribution in [2.75, 3.05) is 5.73 Å². The molecule has 3 N–H and O–H groups in total. The van der Waals surface area contributed by atoms with E-state index in [0.717, 1.165) is 16.3 Å². The second kappa shape index (κ2) is 3.38. The van der Waals surface area contributed by atoms with E-state index < -0.39 is 0 Å². The van der Waals surface area contributed by atoms with Crippen LogP contribution in [0.5, 0.6) is 0 Å². The third kappa shape index (κ3) is 1.29. The lowest BCUT2D eigenvalue weighted by atomic mass is 10.1. The Balaban J connectivity index is 2.75. The highest BCUT2D eigenvalue weighted by molar-refractivity contribution is 6.01. The number of oxime groups is 1. The molecule has 3 heteroatoms. The fourth-order valence-electron chi connectivity index (χ4n) is 1.49. The van der Waals surface area contributed by atoms with Gasteiger partial charge in [-0.2, -0.15) is 0 Å². The maximum atomic E-state index is 8.43. The maximum absolute atomic E-state index is 8.43. The molecule has 0 spiro atoms. The summed E-state index contributed by atoms with van der Waals surface area (Å²) in [5, 5.41) is 13.5. The van der Waals surface area contributed by atoms with Gasteiger partial charge in [-0.15, -0.1) is 0 Å². The zero-order chi connectivity index (χ0) is 9.97. The summed E-state index contributed by atoms with van der Waals surface area (Å²) in [6, 6.07) is 11.6. The predicted molar refractivity (Wildman–Crippen MR) is 57.7 cm³/mol. The molecule has 0 aliphatic rings. The molecule has 0 atom stereocenters. The van der Waals surface area contributed by atoms with E-state index in [1.807, 2.05) is 36.4 Å². The first kappa shape index (κ1) is 8.56. The van der Waals surface area contributed by atoms with Gasteiger partial charge in [0, 0.05) is 16.6 Å². The van der Waals surface area contributed by atoms with Crippen LogP contribution < -0.4 is 5.73 Å². The van der Waals surface area contributed by atoms with Gasteiger partial charge in [0.1, 0.15) is 0 Å².